The molecule has 29 heavy (non-hydrogen) atoms. The van der Waals surface area contributed by atoms with Gasteiger partial charge in [0.25, 0.3) is 5.91 Å². The number of benzene rings is 1. The van der Waals surface area contributed by atoms with Crippen molar-refractivity contribution in [2.24, 2.45) is 5.92 Å². The lowest BCUT2D eigenvalue weighted by atomic mass is 9.85. The van der Waals surface area contributed by atoms with Crippen molar-refractivity contribution >= 4 is 45.2 Å². The van der Waals surface area contributed by atoms with Crippen LogP contribution in [0.4, 0.5) is 16.2 Å². The van der Waals surface area contributed by atoms with Gasteiger partial charge in [0, 0.05) is 23.3 Å². The number of aromatic nitrogens is 1. The van der Waals surface area contributed by atoms with Crippen LogP contribution < -0.4 is 16.0 Å². The Balaban J connectivity index is 1.51. The molecule has 0 unspecified atom stereocenters. The van der Waals surface area contributed by atoms with Gasteiger partial charge >= 0.3 is 6.09 Å². The molecule has 8 nitrogen and oxygen atoms in total. The van der Waals surface area contributed by atoms with Gasteiger partial charge in [-0.1, -0.05) is 6.07 Å². The maximum absolute atomic E-state index is 12.4. The molecular formula is C20H21BrN4O4. The average Bonchev–Trinajstić information content (AvgIpc) is 2.69. The van der Waals surface area contributed by atoms with Crippen molar-refractivity contribution < 1.29 is 19.5 Å². The summed E-state index contributed by atoms with van der Waals surface area (Å²) in [7, 11) is 0. The van der Waals surface area contributed by atoms with Crippen molar-refractivity contribution in [2.45, 2.75) is 31.7 Å². The minimum absolute atomic E-state index is 0.0751. The minimum atomic E-state index is -1.03. The summed E-state index contributed by atoms with van der Waals surface area (Å²) in [6.45, 7) is 0. The van der Waals surface area contributed by atoms with E-state index in [9.17, 15) is 14.4 Å². The molecular weight excluding hydrogens is 440 g/mol. The van der Waals surface area contributed by atoms with Crippen molar-refractivity contribution in [1.82, 2.24) is 10.3 Å². The van der Waals surface area contributed by atoms with Crippen LogP contribution in [0.25, 0.3) is 0 Å². The van der Waals surface area contributed by atoms with Crippen molar-refractivity contribution in [2.75, 3.05) is 10.6 Å². The van der Waals surface area contributed by atoms with Gasteiger partial charge in [-0.15, -0.1) is 0 Å². The minimum Gasteiger partial charge on any atom is -0.465 e. The first-order chi connectivity index (χ1) is 13.9. The highest BCUT2D eigenvalue weighted by molar-refractivity contribution is 9.10. The number of nitrogens with one attached hydrogen (secondary N) is 3. The highest BCUT2D eigenvalue weighted by Gasteiger charge is 2.27. The number of hydrogen-bond donors (Lipinski definition) is 4. The Morgan fingerprint density at radius 3 is 2.14 bits per heavy atom. The van der Waals surface area contributed by atoms with Gasteiger partial charge in [-0.25, -0.2) is 9.78 Å². The number of nitrogens with zero attached hydrogens (tertiary/aromatic N) is 1. The summed E-state index contributed by atoms with van der Waals surface area (Å²) in [4.78, 5) is 39.5. The number of carboxylic acid groups (broad SMARTS) is 1. The van der Waals surface area contributed by atoms with Gasteiger partial charge in [-0.2, -0.15) is 0 Å². The molecule has 2 aromatic rings. The maximum atomic E-state index is 12.4. The molecule has 9 heteroatoms. The Morgan fingerprint density at radius 2 is 1.55 bits per heavy atom. The van der Waals surface area contributed by atoms with E-state index in [1.165, 1.54) is 0 Å². The molecule has 1 aliphatic carbocycles. The standard InChI is InChI=1S/C20H21BrN4O4/c21-17-3-1-2-16(25-17)19(27)23-14-10-8-13(9-11-14)22-18(26)12-4-6-15(7-5-12)24-20(28)29/h1-3,8-12,15,24H,4-7H2,(H,22,26)(H,23,27)(H,28,29). The Kier molecular flexibility index (Phi) is 6.82. The molecule has 152 valence electrons. The highest BCUT2D eigenvalue weighted by atomic mass is 79.9. The number of carbonyl (C=O) groups is 3. The number of carbonyl (C=O) groups excluding carboxylic acids is 2. The monoisotopic (exact) mass is 460 g/mol. The van der Waals surface area contributed by atoms with Crippen molar-refractivity contribution in [3.8, 4) is 0 Å². The number of anilines is 2. The third-order valence-corrected chi connectivity index (χ3v) is 5.23. The largest absolute Gasteiger partial charge is 0.465 e. The molecule has 1 fully saturated rings. The van der Waals surface area contributed by atoms with E-state index >= 15 is 0 Å². The zero-order chi connectivity index (χ0) is 20.8. The van der Waals surface area contributed by atoms with Crippen LogP contribution in [0.1, 0.15) is 36.2 Å². The van der Waals surface area contributed by atoms with Crippen molar-refractivity contribution in [3.63, 3.8) is 0 Å². The molecule has 4 N–H and O–H groups in total. The van der Waals surface area contributed by atoms with E-state index in [0.29, 0.717) is 47.4 Å². The van der Waals surface area contributed by atoms with Crippen LogP contribution in [0.3, 0.4) is 0 Å². The Morgan fingerprint density at radius 1 is 0.931 bits per heavy atom. The molecule has 1 aromatic carbocycles. The normalized spacial score (nSPS) is 18.5. The average molecular weight is 461 g/mol. The van der Waals surface area contributed by atoms with Crippen LogP contribution in [0.15, 0.2) is 47.1 Å². The third kappa shape index (κ3) is 6.02. The number of amides is 3. The van der Waals surface area contributed by atoms with Crippen LogP contribution in [-0.2, 0) is 4.79 Å². The van der Waals surface area contributed by atoms with Crippen LogP contribution >= 0.6 is 15.9 Å². The van der Waals surface area contributed by atoms with Gasteiger partial charge in [-0.3, -0.25) is 9.59 Å². The molecule has 0 atom stereocenters. The van der Waals surface area contributed by atoms with Gasteiger partial charge in [0.05, 0.1) is 0 Å². The van der Waals surface area contributed by atoms with Crippen molar-refractivity contribution in [1.29, 1.82) is 0 Å². The lowest BCUT2D eigenvalue weighted by Crippen LogP contribution is -2.38. The molecule has 0 spiro atoms. The van der Waals surface area contributed by atoms with Crippen LogP contribution in [0.2, 0.25) is 0 Å². The summed E-state index contributed by atoms with van der Waals surface area (Å²) >= 11 is 3.23. The van der Waals surface area contributed by atoms with Crippen LogP contribution in [0, 0.1) is 5.92 Å². The molecule has 1 aliphatic rings. The van der Waals surface area contributed by atoms with E-state index in [1.807, 2.05) is 0 Å². The maximum Gasteiger partial charge on any atom is 0.404 e. The van der Waals surface area contributed by atoms with Crippen LogP contribution in [-0.4, -0.2) is 34.0 Å². The molecule has 0 bridgehead atoms. The van der Waals surface area contributed by atoms with Gasteiger partial charge in [-0.05, 0) is 78.0 Å². The zero-order valence-electron chi connectivity index (χ0n) is 15.5. The Labute approximate surface area is 176 Å². The van der Waals surface area contributed by atoms with Crippen molar-refractivity contribution in [3.05, 3.63) is 52.8 Å². The highest BCUT2D eigenvalue weighted by Crippen LogP contribution is 2.26. The second-order valence-electron chi connectivity index (χ2n) is 6.86. The summed E-state index contributed by atoms with van der Waals surface area (Å²) < 4.78 is 0.580. The summed E-state index contributed by atoms with van der Waals surface area (Å²) in [6.07, 6.45) is 1.56. The molecule has 3 rings (SSSR count). The molecule has 1 heterocycles. The second kappa shape index (κ2) is 9.51. The summed E-state index contributed by atoms with van der Waals surface area (Å²) in [6, 6.07) is 11.9. The van der Waals surface area contributed by atoms with E-state index in [-0.39, 0.29) is 23.8 Å². The van der Waals surface area contributed by atoms with Gasteiger partial charge < -0.3 is 21.1 Å². The predicted octanol–water partition coefficient (Wildman–Crippen LogP) is 3.86. The number of halogens is 1. The van der Waals surface area contributed by atoms with E-state index < -0.39 is 6.09 Å². The first kappa shape index (κ1) is 20.8. The topological polar surface area (TPSA) is 120 Å². The van der Waals surface area contributed by atoms with E-state index in [1.54, 1.807) is 42.5 Å². The number of hydrogen-bond acceptors (Lipinski definition) is 4. The van der Waals surface area contributed by atoms with Crippen LogP contribution in [0.5, 0.6) is 0 Å². The molecule has 1 aromatic heterocycles. The molecule has 0 radical (unpaired) electrons. The summed E-state index contributed by atoms with van der Waals surface area (Å²) in [5, 5.41) is 16.9. The zero-order valence-corrected chi connectivity index (χ0v) is 17.1. The Bertz CT molecular complexity index is 896. The third-order valence-electron chi connectivity index (χ3n) is 4.78. The summed E-state index contributed by atoms with van der Waals surface area (Å²) in [5.74, 6) is -0.535. The van der Waals surface area contributed by atoms with E-state index in [2.05, 4.69) is 36.9 Å². The number of rotatable bonds is 5. The molecule has 1 saturated carbocycles. The fourth-order valence-electron chi connectivity index (χ4n) is 3.29. The second-order valence-corrected chi connectivity index (χ2v) is 7.68. The fraction of sp³-hybridized carbons (Fsp3) is 0.300. The lowest BCUT2D eigenvalue weighted by molar-refractivity contribution is -0.120. The van der Waals surface area contributed by atoms with Gasteiger partial charge in [0.15, 0.2) is 0 Å². The molecule has 0 saturated heterocycles. The summed E-state index contributed by atoms with van der Waals surface area (Å²) in [5.41, 5.74) is 1.53. The fourth-order valence-corrected chi connectivity index (χ4v) is 3.63. The van der Waals surface area contributed by atoms with E-state index in [0.717, 1.165) is 0 Å². The quantitative estimate of drug-likeness (QED) is 0.504. The lowest BCUT2D eigenvalue weighted by Gasteiger charge is -2.27. The van der Waals surface area contributed by atoms with Gasteiger partial charge in [0.1, 0.15) is 10.3 Å². The number of pyridine rings is 1. The van der Waals surface area contributed by atoms with Gasteiger partial charge in [0.2, 0.25) is 5.91 Å². The van der Waals surface area contributed by atoms with E-state index in [4.69, 9.17) is 5.11 Å². The molecule has 0 aliphatic heterocycles. The first-order valence-electron chi connectivity index (χ1n) is 9.25. The Hall–Kier alpha value is -2.94. The predicted molar refractivity (Wildman–Crippen MR) is 112 cm³/mol. The smallest absolute Gasteiger partial charge is 0.404 e. The first-order valence-corrected chi connectivity index (χ1v) is 10.0. The SMILES string of the molecule is O=C(O)NC1CCC(C(=O)Nc2ccc(NC(=O)c3cccc(Br)n3)cc2)CC1. The molecule has 3 amide bonds.